The molecule has 0 aromatic carbocycles. The molecule has 1 amide bonds. The first-order valence-electron chi connectivity index (χ1n) is 7.92. The minimum Gasteiger partial charge on any atom is -0.379 e. The van der Waals surface area contributed by atoms with E-state index in [0.717, 1.165) is 32.5 Å². The molecule has 1 fully saturated rings. The molecule has 1 unspecified atom stereocenters. The number of piperidine rings is 1. The topological polar surface area (TPSA) is 67.6 Å². The zero-order valence-corrected chi connectivity index (χ0v) is 13.1. The van der Waals surface area contributed by atoms with Gasteiger partial charge in [-0.3, -0.25) is 9.69 Å². The molecule has 1 aliphatic heterocycles. The lowest BCUT2D eigenvalue weighted by atomic mass is 9.95. The van der Waals surface area contributed by atoms with Gasteiger partial charge in [0.25, 0.3) is 0 Å². The molecule has 1 atom stereocenters. The number of likely N-dealkylation sites (tertiary alicyclic amines) is 1. The Bertz CT molecular complexity index is 270. The van der Waals surface area contributed by atoms with Crippen LogP contribution in [0.15, 0.2) is 0 Å². The number of nitrogens with zero attached hydrogens (tertiary/aromatic N) is 1. The van der Waals surface area contributed by atoms with Gasteiger partial charge in [0.05, 0.1) is 12.6 Å². The molecule has 0 saturated carbocycles. The fourth-order valence-corrected chi connectivity index (χ4v) is 2.64. The van der Waals surface area contributed by atoms with Crippen molar-refractivity contribution >= 4 is 5.91 Å². The van der Waals surface area contributed by atoms with Crippen LogP contribution >= 0.6 is 0 Å². The van der Waals surface area contributed by atoms with E-state index in [9.17, 15) is 4.79 Å². The lowest BCUT2D eigenvalue weighted by Crippen LogP contribution is -2.43. The predicted molar refractivity (Wildman–Crippen MR) is 81.6 cm³/mol. The van der Waals surface area contributed by atoms with Gasteiger partial charge in [0.15, 0.2) is 0 Å². The number of hydrogen-bond donors (Lipinski definition) is 2. The second kappa shape index (κ2) is 10.1. The maximum Gasteiger partial charge on any atom is 0.234 e. The SMILES string of the molecule is CC(C)OCCCNC(=O)CN1CCCC(CCN)C1. The fourth-order valence-electron chi connectivity index (χ4n) is 2.64. The Morgan fingerprint density at radius 3 is 3.00 bits per heavy atom. The lowest BCUT2D eigenvalue weighted by molar-refractivity contribution is -0.122. The van der Waals surface area contributed by atoms with E-state index in [4.69, 9.17) is 10.5 Å². The molecule has 118 valence electrons. The quantitative estimate of drug-likeness (QED) is 0.620. The summed E-state index contributed by atoms with van der Waals surface area (Å²) in [5, 5.41) is 2.97. The molecule has 0 spiro atoms. The van der Waals surface area contributed by atoms with Gasteiger partial charge >= 0.3 is 0 Å². The van der Waals surface area contributed by atoms with Crippen molar-refractivity contribution in [2.45, 2.75) is 45.6 Å². The smallest absolute Gasteiger partial charge is 0.234 e. The first-order valence-corrected chi connectivity index (χ1v) is 7.92. The summed E-state index contributed by atoms with van der Waals surface area (Å²) in [4.78, 5) is 14.1. The Morgan fingerprint density at radius 2 is 2.30 bits per heavy atom. The molecule has 1 saturated heterocycles. The maximum atomic E-state index is 11.9. The van der Waals surface area contributed by atoms with Gasteiger partial charge in [-0.15, -0.1) is 0 Å². The normalized spacial score (nSPS) is 20.3. The van der Waals surface area contributed by atoms with Gasteiger partial charge in [-0.05, 0) is 58.5 Å². The molecule has 0 aliphatic carbocycles. The first-order chi connectivity index (χ1) is 9.61. The van der Waals surface area contributed by atoms with Crippen LogP contribution < -0.4 is 11.1 Å². The molecule has 0 radical (unpaired) electrons. The largest absolute Gasteiger partial charge is 0.379 e. The van der Waals surface area contributed by atoms with E-state index < -0.39 is 0 Å². The minimum atomic E-state index is 0.128. The van der Waals surface area contributed by atoms with E-state index in [1.807, 2.05) is 13.8 Å². The van der Waals surface area contributed by atoms with Crippen molar-refractivity contribution in [2.75, 3.05) is 39.3 Å². The zero-order chi connectivity index (χ0) is 14.8. The van der Waals surface area contributed by atoms with Crippen LogP contribution in [0.1, 0.15) is 39.5 Å². The van der Waals surface area contributed by atoms with Crippen molar-refractivity contribution < 1.29 is 9.53 Å². The molecule has 0 aromatic heterocycles. The highest BCUT2D eigenvalue weighted by Gasteiger charge is 2.20. The molecule has 0 bridgehead atoms. The summed E-state index contributed by atoms with van der Waals surface area (Å²) in [5.74, 6) is 0.795. The van der Waals surface area contributed by atoms with E-state index >= 15 is 0 Å². The Balaban J connectivity index is 2.09. The van der Waals surface area contributed by atoms with Crippen LogP contribution in [0.25, 0.3) is 0 Å². The summed E-state index contributed by atoms with van der Waals surface area (Å²) in [6.07, 6.45) is 4.64. The van der Waals surface area contributed by atoms with E-state index in [1.54, 1.807) is 0 Å². The molecule has 5 heteroatoms. The number of hydrogen-bond acceptors (Lipinski definition) is 4. The Morgan fingerprint density at radius 1 is 1.50 bits per heavy atom. The van der Waals surface area contributed by atoms with Crippen LogP contribution in [0.5, 0.6) is 0 Å². The molecule has 1 heterocycles. The summed E-state index contributed by atoms with van der Waals surface area (Å²) in [6, 6.07) is 0. The summed E-state index contributed by atoms with van der Waals surface area (Å²) >= 11 is 0. The number of carbonyl (C=O) groups is 1. The van der Waals surface area contributed by atoms with Gasteiger partial charge < -0.3 is 15.8 Å². The second-order valence-corrected chi connectivity index (χ2v) is 5.94. The van der Waals surface area contributed by atoms with Gasteiger partial charge in [0.2, 0.25) is 5.91 Å². The highest BCUT2D eigenvalue weighted by atomic mass is 16.5. The molecule has 3 N–H and O–H groups in total. The molecule has 1 aliphatic rings. The molecular formula is C15H31N3O2. The summed E-state index contributed by atoms with van der Waals surface area (Å²) in [6.45, 7) is 8.77. The average Bonchev–Trinajstić information content (AvgIpc) is 2.38. The number of amides is 1. The highest BCUT2D eigenvalue weighted by Crippen LogP contribution is 2.18. The van der Waals surface area contributed by atoms with Crippen molar-refractivity contribution in [3.8, 4) is 0 Å². The van der Waals surface area contributed by atoms with Crippen molar-refractivity contribution in [2.24, 2.45) is 11.7 Å². The number of rotatable bonds is 9. The number of carbonyl (C=O) groups excluding carboxylic acids is 1. The van der Waals surface area contributed by atoms with Crippen LogP contribution in [-0.4, -0.2) is 56.2 Å². The minimum absolute atomic E-state index is 0.128. The van der Waals surface area contributed by atoms with Crippen molar-refractivity contribution in [3.63, 3.8) is 0 Å². The molecule has 1 rings (SSSR count). The fraction of sp³-hybridized carbons (Fsp3) is 0.933. The Hall–Kier alpha value is -0.650. The average molecular weight is 285 g/mol. The third-order valence-corrected chi connectivity index (χ3v) is 3.64. The Kier molecular flexibility index (Phi) is 8.82. The van der Waals surface area contributed by atoms with Gasteiger partial charge in [-0.2, -0.15) is 0 Å². The molecular weight excluding hydrogens is 254 g/mol. The van der Waals surface area contributed by atoms with Gasteiger partial charge in [0, 0.05) is 19.7 Å². The van der Waals surface area contributed by atoms with E-state index in [1.165, 1.54) is 12.8 Å². The summed E-state index contributed by atoms with van der Waals surface area (Å²) in [5.41, 5.74) is 5.61. The maximum absolute atomic E-state index is 11.9. The van der Waals surface area contributed by atoms with Crippen molar-refractivity contribution in [1.29, 1.82) is 0 Å². The third-order valence-electron chi connectivity index (χ3n) is 3.64. The van der Waals surface area contributed by atoms with Crippen LogP contribution in [0.4, 0.5) is 0 Å². The van der Waals surface area contributed by atoms with Crippen LogP contribution in [0, 0.1) is 5.92 Å². The van der Waals surface area contributed by atoms with Crippen LogP contribution in [0.2, 0.25) is 0 Å². The van der Waals surface area contributed by atoms with E-state index in [0.29, 0.717) is 25.6 Å². The van der Waals surface area contributed by atoms with Gasteiger partial charge in [-0.1, -0.05) is 0 Å². The molecule has 0 aromatic rings. The van der Waals surface area contributed by atoms with E-state index in [-0.39, 0.29) is 12.0 Å². The van der Waals surface area contributed by atoms with Gasteiger partial charge in [-0.25, -0.2) is 0 Å². The predicted octanol–water partition coefficient (Wildman–Crippen LogP) is 0.979. The Labute approximate surface area is 123 Å². The third kappa shape index (κ3) is 7.82. The first kappa shape index (κ1) is 17.4. The molecule has 5 nitrogen and oxygen atoms in total. The monoisotopic (exact) mass is 285 g/mol. The highest BCUT2D eigenvalue weighted by molar-refractivity contribution is 5.77. The number of ether oxygens (including phenoxy) is 1. The zero-order valence-electron chi connectivity index (χ0n) is 13.1. The van der Waals surface area contributed by atoms with Crippen molar-refractivity contribution in [1.82, 2.24) is 10.2 Å². The van der Waals surface area contributed by atoms with Crippen LogP contribution in [0.3, 0.4) is 0 Å². The van der Waals surface area contributed by atoms with E-state index in [2.05, 4.69) is 10.2 Å². The summed E-state index contributed by atoms with van der Waals surface area (Å²) < 4.78 is 5.44. The lowest BCUT2D eigenvalue weighted by Gasteiger charge is -2.32. The van der Waals surface area contributed by atoms with Gasteiger partial charge in [0.1, 0.15) is 0 Å². The standard InChI is InChI=1S/C15H31N3O2/c1-13(2)20-10-4-8-17-15(19)12-18-9-3-5-14(11-18)6-7-16/h13-14H,3-12,16H2,1-2H3,(H,17,19). The van der Waals surface area contributed by atoms with Crippen LogP contribution in [-0.2, 0) is 9.53 Å². The molecule has 20 heavy (non-hydrogen) atoms. The second-order valence-electron chi connectivity index (χ2n) is 5.94. The number of nitrogens with two attached hydrogens (primary N) is 1. The number of nitrogens with one attached hydrogen (secondary N) is 1. The van der Waals surface area contributed by atoms with Crippen molar-refractivity contribution in [3.05, 3.63) is 0 Å². The summed E-state index contributed by atoms with van der Waals surface area (Å²) in [7, 11) is 0.